The summed E-state index contributed by atoms with van der Waals surface area (Å²) in [5.74, 6) is 2.46. The molecule has 1 aromatic carbocycles. The van der Waals surface area contributed by atoms with E-state index >= 15 is 0 Å². The molecule has 0 aliphatic rings. The van der Waals surface area contributed by atoms with E-state index in [4.69, 9.17) is 12.2 Å². The first-order valence-electron chi connectivity index (χ1n) is 4.38. The average molecular weight is 182 g/mol. The van der Waals surface area contributed by atoms with Gasteiger partial charge >= 0.3 is 0 Å². The molecule has 2 N–H and O–H groups in total. The summed E-state index contributed by atoms with van der Waals surface area (Å²) in [7, 11) is 0. The summed E-state index contributed by atoms with van der Waals surface area (Å²) in [6.07, 6.45) is 5.23. The maximum atomic E-state index is 5.69. The predicted octanol–water partition coefficient (Wildman–Crippen LogP) is 1.87. The third-order valence-corrected chi connectivity index (χ3v) is 2.12. The molecular formula is C12H10N2. The van der Waals surface area contributed by atoms with Crippen molar-refractivity contribution in [1.29, 1.82) is 0 Å². The minimum absolute atomic E-state index is 0.417. The third kappa shape index (κ3) is 1.46. The quantitative estimate of drug-likeness (QED) is 0.684. The first kappa shape index (κ1) is 8.74. The number of rotatable bonds is 1. The molecule has 0 bridgehead atoms. The molecule has 2 aromatic rings. The van der Waals surface area contributed by atoms with Crippen molar-refractivity contribution < 1.29 is 0 Å². The highest BCUT2D eigenvalue weighted by Crippen LogP contribution is 2.14. The van der Waals surface area contributed by atoms with Gasteiger partial charge in [-0.2, -0.15) is 0 Å². The van der Waals surface area contributed by atoms with Gasteiger partial charge in [0.25, 0.3) is 0 Å². The Bertz CT molecular complexity index is 497. The summed E-state index contributed by atoms with van der Waals surface area (Å²) in [5, 5.41) is 1.10. The molecule has 1 atom stereocenters. The monoisotopic (exact) mass is 182 g/mol. The zero-order chi connectivity index (χ0) is 9.97. The highest BCUT2D eigenvalue weighted by molar-refractivity contribution is 5.78. The van der Waals surface area contributed by atoms with Crippen LogP contribution in [-0.2, 0) is 0 Å². The van der Waals surface area contributed by atoms with Gasteiger partial charge in [0, 0.05) is 5.39 Å². The van der Waals surface area contributed by atoms with Crippen molar-refractivity contribution in [3.63, 3.8) is 0 Å². The summed E-state index contributed by atoms with van der Waals surface area (Å²) in [6.45, 7) is 0. The van der Waals surface area contributed by atoms with Crippen LogP contribution in [0.1, 0.15) is 11.7 Å². The average Bonchev–Trinajstić information content (AvgIpc) is 2.27. The number of hydrogen-bond acceptors (Lipinski definition) is 2. The van der Waals surface area contributed by atoms with Crippen molar-refractivity contribution >= 4 is 10.9 Å². The van der Waals surface area contributed by atoms with Crippen LogP contribution in [-0.4, -0.2) is 4.98 Å². The zero-order valence-electron chi connectivity index (χ0n) is 7.64. The molecule has 0 saturated carbocycles. The largest absolute Gasteiger partial charge is 0.313 e. The van der Waals surface area contributed by atoms with Gasteiger partial charge in [-0.1, -0.05) is 30.2 Å². The number of nitrogens with zero attached hydrogens (tertiary/aromatic N) is 1. The summed E-state index contributed by atoms with van der Waals surface area (Å²) >= 11 is 0. The molecule has 0 fully saturated rings. The highest BCUT2D eigenvalue weighted by atomic mass is 14.8. The second kappa shape index (κ2) is 3.49. The van der Waals surface area contributed by atoms with Crippen molar-refractivity contribution in [2.24, 2.45) is 5.73 Å². The predicted molar refractivity (Wildman–Crippen MR) is 57.5 cm³/mol. The Morgan fingerprint density at radius 3 is 2.79 bits per heavy atom. The van der Waals surface area contributed by atoms with E-state index in [1.807, 2.05) is 36.4 Å². The maximum Gasteiger partial charge on any atom is 0.109 e. The number of nitrogens with two attached hydrogens (primary N) is 1. The van der Waals surface area contributed by atoms with Crippen LogP contribution < -0.4 is 5.73 Å². The summed E-state index contributed by atoms with van der Waals surface area (Å²) in [5.41, 5.74) is 7.36. The number of aromatic nitrogens is 1. The standard InChI is InChI=1S/C12H10N2/c1-2-10(13)12-8-7-9-5-3-4-6-11(9)14-12/h1,3-8,10H,13H2. The third-order valence-electron chi connectivity index (χ3n) is 2.12. The van der Waals surface area contributed by atoms with E-state index < -0.39 is 6.04 Å². The fourth-order valence-corrected chi connectivity index (χ4v) is 1.34. The van der Waals surface area contributed by atoms with Gasteiger partial charge < -0.3 is 5.73 Å². The topological polar surface area (TPSA) is 38.9 Å². The van der Waals surface area contributed by atoms with Crippen molar-refractivity contribution in [3.8, 4) is 12.3 Å². The lowest BCUT2D eigenvalue weighted by Crippen LogP contribution is -2.08. The Labute approximate surface area is 82.8 Å². The fraction of sp³-hybridized carbons (Fsp3) is 0.0833. The van der Waals surface area contributed by atoms with Crippen LogP contribution >= 0.6 is 0 Å². The van der Waals surface area contributed by atoms with Gasteiger partial charge in [0.1, 0.15) is 6.04 Å². The van der Waals surface area contributed by atoms with Gasteiger partial charge in [-0.05, 0) is 12.1 Å². The number of para-hydroxylation sites is 1. The summed E-state index contributed by atoms with van der Waals surface area (Å²) in [4.78, 5) is 4.38. The van der Waals surface area contributed by atoms with Crippen LogP contribution in [0.4, 0.5) is 0 Å². The molecule has 2 nitrogen and oxygen atoms in total. The van der Waals surface area contributed by atoms with Crippen LogP contribution in [0.3, 0.4) is 0 Å². The van der Waals surface area contributed by atoms with Crippen molar-refractivity contribution in [2.75, 3.05) is 0 Å². The molecule has 2 heteroatoms. The Hall–Kier alpha value is -1.85. The lowest BCUT2D eigenvalue weighted by molar-refractivity contribution is 0.901. The molecule has 0 aliphatic heterocycles. The van der Waals surface area contributed by atoms with E-state index in [1.165, 1.54) is 0 Å². The van der Waals surface area contributed by atoms with Gasteiger partial charge in [-0.15, -0.1) is 6.42 Å². The minimum Gasteiger partial charge on any atom is -0.313 e. The summed E-state index contributed by atoms with van der Waals surface area (Å²) < 4.78 is 0. The highest BCUT2D eigenvalue weighted by Gasteiger charge is 2.03. The second-order valence-corrected chi connectivity index (χ2v) is 3.07. The van der Waals surface area contributed by atoms with E-state index in [9.17, 15) is 0 Å². The molecule has 1 heterocycles. The first-order chi connectivity index (χ1) is 6.81. The molecule has 68 valence electrons. The second-order valence-electron chi connectivity index (χ2n) is 3.07. The van der Waals surface area contributed by atoms with Crippen molar-refractivity contribution in [3.05, 3.63) is 42.1 Å². The molecule has 1 unspecified atom stereocenters. The lowest BCUT2D eigenvalue weighted by atomic mass is 10.1. The van der Waals surface area contributed by atoms with Gasteiger partial charge in [0.2, 0.25) is 0 Å². The van der Waals surface area contributed by atoms with E-state index in [1.54, 1.807) is 0 Å². The Morgan fingerprint density at radius 1 is 1.21 bits per heavy atom. The minimum atomic E-state index is -0.417. The lowest BCUT2D eigenvalue weighted by Gasteiger charge is -2.04. The van der Waals surface area contributed by atoms with Crippen molar-refractivity contribution in [1.82, 2.24) is 4.98 Å². The summed E-state index contributed by atoms with van der Waals surface area (Å²) in [6, 6.07) is 11.3. The number of pyridine rings is 1. The van der Waals surface area contributed by atoms with Crippen molar-refractivity contribution in [2.45, 2.75) is 6.04 Å². The van der Waals surface area contributed by atoms with Gasteiger partial charge in [-0.25, -0.2) is 0 Å². The SMILES string of the molecule is C#CC(N)c1ccc2ccccc2n1. The molecule has 0 saturated heterocycles. The van der Waals surface area contributed by atoms with Crippen LogP contribution in [0.2, 0.25) is 0 Å². The molecular weight excluding hydrogens is 172 g/mol. The molecule has 0 spiro atoms. The molecule has 0 aliphatic carbocycles. The van der Waals surface area contributed by atoms with Gasteiger partial charge in [-0.3, -0.25) is 4.98 Å². The Kier molecular flexibility index (Phi) is 2.18. The number of terminal acetylenes is 1. The van der Waals surface area contributed by atoms with Crippen LogP contribution in [0.25, 0.3) is 10.9 Å². The molecule has 2 rings (SSSR count). The Morgan fingerprint density at radius 2 is 2.00 bits per heavy atom. The van der Waals surface area contributed by atoms with E-state index in [0.29, 0.717) is 0 Å². The van der Waals surface area contributed by atoms with Crippen LogP contribution in [0.5, 0.6) is 0 Å². The molecule has 14 heavy (non-hydrogen) atoms. The Balaban J connectivity index is 2.58. The van der Waals surface area contributed by atoms with Crippen LogP contribution in [0, 0.1) is 12.3 Å². The first-order valence-corrected chi connectivity index (χ1v) is 4.38. The molecule has 1 aromatic heterocycles. The van der Waals surface area contributed by atoms with Gasteiger partial charge in [0.15, 0.2) is 0 Å². The van der Waals surface area contributed by atoms with E-state index in [-0.39, 0.29) is 0 Å². The zero-order valence-corrected chi connectivity index (χ0v) is 7.64. The maximum absolute atomic E-state index is 5.69. The fourth-order valence-electron chi connectivity index (χ4n) is 1.34. The number of hydrogen-bond donors (Lipinski definition) is 1. The molecule has 0 amide bonds. The van der Waals surface area contributed by atoms with Gasteiger partial charge in [0.05, 0.1) is 11.2 Å². The van der Waals surface area contributed by atoms with E-state index in [2.05, 4.69) is 10.9 Å². The molecule has 0 radical (unpaired) electrons. The normalized spacial score (nSPS) is 12.3. The van der Waals surface area contributed by atoms with E-state index in [0.717, 1.165) is 16.6 Å². The number of fused-ring (bicyclic) bond motifs is 1. The smallest absolute Gasteiger partial charge is 0.109 e. The number of benzene rings is 1. The van der Waals surface area contributed by atoms with Crippen LogP contribution in [0.15, 0.2) is 36.4 Å².